The molecule has 3 nitrogen and oxygen atoms in total. The lowest BCUT2D eigenvalue weighted by molar-refractivity contribution is -0.0631. The summed E-state index contributed by atoms with van der Waals surface area (Å²) in [6, 6.07) is 6.29. The van der Waals surface area contributed by atoms with Crippen LogP contribution in [0.25, 0.3) is 0 Å². The molecule has 0 spiro atoms. The van der Waals surface area contributed by atoms with Crippen LogP contribution in [-0.4, -0.2) is 22.3 Å². The van der Waals surface area contributed by atoms with E-state index in [1.54, 1.807) is 0 Å². The van der Waals surface area contributed by atoms with Crippen LogP contribution in [0.15, 0.2) is 30.9 Å². The molecule has 2 atom stereocenters. The van der Waals surface area contributed by atoms with Crippen LogP contribution < -0.4 is 10.1 Å². The first kappa shape index (κ1) is 13.7. The number of hydrogen-bond donors (Lipinski definition) is 1. The number of benzene rings is 1. The first-order valence-electron chi connectivity index (χ1n) is 6.64. The monoisotopic (exact) mass is 308 g/mol. The third kappa shape index (κ3) is 2.07. The average molecular weight is 309 g/mol. The first-order chi connectivity index (χ1) is 9.57. The van der Waals surface area contributed by atoms with E-state index in [2.05, 4.69) is 24.9 Å². The number of ether oxygens (including phenoxy) is 1. The summed E-state index contributed by atoms with van der Waals surface area (Å²) in [6.45, 7) is 6.54. The molecule has 5 heteroatoms. The van der Waals surface area contributed by atoms with E-state index in [9.17, 15) is 0 Å². The van der Waals surface area contributed by atoms with Crippen molar-refractivity contribution < 1.29 is 4.74 Å². The van der Waals surface area contributed by atoms with Crippen LogP contribution in [0.1, 0.15) is 30.5 Å². The molecule has 1 aromatic rings. The lowest BCUT2D eigenvalue weighted by Crippen LogP contribution is -2.64. The Hall–Kier alpha value is -1.26. The number of hydrogen-bond acceptors (Lipinski definition) is 2. The molecule has 1 saturated heterocycles. The molecule has 2 aliphatic heterocycles. The molecule has 1 aromatic carbocycles. The van der Waals surface area contributed by atoms with Gasteiger partial charge in [0.25, 0.3) is 0 Å². The van der Waals surface area contributed by atoms with Crippen molar-refractivity contribution in [2.45, 2.75) is 31.0 Å². The summed E-state index contributed by atoms with van der Waals surface area (Å²) >= 11 is 11.4. The molecule has 2 unspecified atom stereocenters. The maximum Gasteiger partial charge on any atom is 0.184 e. The first-order valence-corrected chi connectivity index (χ1v) is 7.58. The summed E-state index contributed by atoms with van der Waals surface area (Å²) in [5, 5.41) is 4.12. The molecule has 3 rings (SSSR count). The highest BCUT2D eigenvalue weighted by Crippen LogP contribution is 2.44. The van der Waals surface area contributed by atoms with Crippen molar-refractivity contribution in [3.8, 4) is 5.75 Å². The van der Waals surface area contributed by atoms with Gasteiger partial charge in [0.15, 0.2) is 10.8 Å². The summed E-state index contributed by atoms with van der Waals surface area (Å²) in [4.78, 5) is 2.05. The maximum atomic E-state index is 6.23. The molecule has 2 aliphatic rings. The van der Waals surface area contributed by atoms with E-state index >= 15 is 0 Å². The van der Waals surface area contributed by atoms with E-state index < -0.39 is 5.72 Å². The number of halogens is 1. The average Bonchev–Trinajstić information content (AvgIpc) is 2.43. The quantitative estimate of drug-likeness (QED) is 0.526. The Bertz CT molecular complexity index is 577. The Morgan fingerprint density at radius 1 is 1.65 bits per heavy atom. The smallest absolute Gasteiger partial charge is 0.184 e. The molecule has 0 aromatic heterocycles. The SMILES string of the molecule is C=CCN1C(=S)NC2CC1(C)Oc1ccc(CCl)cc12. The zero-order chi connectivity index (χ0) is 14.3. The second-order valence-electron chi connectivity index (χ2n) is 5.39. The van der Waals surface area contributed by atoms with Crippen LogP contribution in [0.4, 0.5) is 0 Å². The topological polar surface area (TPSA) is 24.5 Å². The summed E-state index contributed by atoms with van der Waals surface area (Å²) in [6.07, 6.45) is 2.69. The van der Waals surface area contributed by atoms with Crippen molar-refractivity contribution in [3.05, 3.63) is 42.0 Å². The van der Waals surface area contributed by atoms with Crippen molar-refractivity contribution in [3.63, 3.8) is 0 Å². The van der Waals surface area contributed by atoms with Gasteiger partial charge in [-0.15, -0.1) is 18.2 Å². The summed E-state index contributed by atoms with van der Waals surface area (Å²) in [5.41, 5.74) is 1.82. The van der Waals surface area contributed by atoms with E-state index in [4.69, 9.17) is 28.6 Å². The molecule has 2 bridgehead atoms. The van der Waals surface area contributed by atoms with Crippen molar-refractivity contribution >= 4 is 28.9 Å². The van der Waals surface area contributed by atoms with Crippen molar-refractivity contribution in [1.29, 1.82) is 0 Å². The van der Waals surface area contributed by atoms with Gasteiger partial charge in [-0.3, -0.25) is 0 Å². The third-order valence-electron chi connectivity index (χ3n) is 3.94. The fourth-order valence-corrected chi connectivity index (χ4v) is 3.53. The van der Waals surface area contributed by atoms with Crippen molar-refractivity contribution in [1.82, 2.24) is 10.2 Å². The standard InChI is InChI=1S/C15H17ClN2OS/c1-3-6-18-14(20)17-12-8-15(18,2)19-13-5-4-10(9-16)7-11(12)13/h3-5,7,12H,1,6,8-9H2,2H3,(H,17,20). The van der Waals surface area contributed by atoms with Gasteiger partial charge < -0.3 is 15.0 Å². The fraction of sp³-hybridized carbons (Fsp3) is 0.400. The van der Waals surface area contributed by atoms with Gasteiger partial charge >= 0.3 is 0 Å². The molecule has 0 saturated carbocycles. The van der Waals surface area contributed by atoms with Gasteiger partial charge in [0.1, 0.15) is 5.75 Å². The molecule has 0 amide bonds. The maximum absolute atomic E-state index is 6.23. The molecule has 20 heavy (non-hydrogen) atoms. The van der Waals surface area contributed by atoms with Gasteiger partial charge in [-0.1, -0.05) is 12.1 Å². The molecule has 1 N–H and O–H groups in total. The molecule has 0 radical (unpaired) electrons. The van der Waals surface area contributed by atoms with Crippen molar-refractivity contribution in [2.75, 3.05) is 6.54 Å². The van der Waals surface area contributed by atoms with Crippen LogP contribution >= 0.6 is 23.8 Å². The van der Waals surface area contributed by atoms with E-state index in [1.165, 1.54) is 0 Å². The summed E-state index contributed by atoms with van der Waals surface area (Å²) < 4.78 is 6.23. The van der Waals surface area contributed by atoms with Crippen LogP contribution in [0.2, 0.25) is 0 Å². The van der Waals surface area contributed by atoms with E-state index in [1.807, 2.05) is 23.1 Å². The third-order valence-corrected chi connectivity index (χ3v) is 4.59. The van der Waals surface area contributed by atoms with E-state index in [0.717, 1.165) is 23.3 Å². The molecule has 106 valence electrons. The molecular weight excluding hydrogens is 292 g/mol. The minimum Gasteiger partial charge on any atom is -0.468 e. The molecule has 1 fully saturated rings. The minimum atomic E-state index is -0.420. The highest BCUT2D eigenvalue weighted by atomic mass is 35.5. The van der Waals surface area contributed by atoms with Crippen LogP contribution in [0, 0.1) is 0 Å². The van der Waals surface area contributed by atoms with Crippen LogP contribution in [0.5, 0.6) is 5.75 Å². The van der Waals surface area contributed by atoms with Gasteiger partial charge in [-0.2, -0.15) is 0 Å². The second kappa shape index (κ2) is 4.93. The Balaban J connectivity index is 2.02. The van der Waals surface area contributed by atoms with E-state index in [-0.39, 0.29) is 6.04 Å². The zero-order valence-corrected chi connectivity index (χ0v) is 12.9. The highest BCUT2D eigenvalue weighted by Gasteiger charge is 2.47. The second-order valence-corrected chi connectivity index (χ2v) is 6.04. The number of nitrogens with zero attached hydrogens (tertiary/aromatic N) is 1. The van der Waals surface area contributed by atoms with Crippen molar-refractivity contribution in [2.24, 2.45) is 0 Å². The van der Waals surface area contributed by atoms with Gasteiger partial charge in [-0.25, -0.2) is 0 Å². The molecule has 0 aliphatic carbocycles. The Morgan fingerprint density at radius 2 is 2.45 bits per heavy atom. The molecular formula is C15H17ClN2OS. The predicted molar refractivity (Wildman–Crippen MR) is 85.0 cm³/mol. The lowest BCUT2D eigenvalue weighted by Gasteiger charge is -2.52. The number of thiocarbonyl (C=S) groups is 1. The van der Waals surface area contributed by atoms with Gasteiger partial charge in [-0.05, 0) is 36.8 Å². The Labute approximate surface area is 129 Å². The van der Waals surface area contributed by atoms with Gasteiger partial charge in [0.2, 0.25) is 0 Å². The highest BCUT2D eigenvalue weighted by molar-refractivity contribution is 7.80. The van der Waals surface area contributed by atoms with Crippen LogP contribution in [-0.2, 0) is 5.88 Å². The predicted octanol–water partition coefficient (Wildman–Crippen LogP) is 3.34. The summed E-state index contributed by atoms with van der Waals surface area (Å²) in [7, 11) is 0. The number of rotatable bonds is 3. The summed E-state index contributed by atoms with van der Waals surface area (Å²) in [5.74, 6) is 1.41. The number of nitrogens with one attached hydrogen (secondary N) is 1. The van der Waals surface area contributed by atoms with Gasteiger partial charge in [0.05, 0.1) is 6.04 Å². The Kier molecular flexibility index (Phi) is 3.38. The number of fused-ring (bicyclic) bond motifs is 4. The minimum absolute atomic E-state index is 0.181. The normalized spacial score (nSPS) is 27.4. The zero-order valence-electron chi connectivity index (χ0n) is 11.4. The van der Waals surface area contributed by atoms with Gasteiger partial charge in [0, 0.05) is 24.4 Å². The largest absolute Gasteiger partial charge is 0.468 e. The fourth-order valence-electron chi connectivity index (χ4n) is 2.95. The van der Waals surface area contributed by atoms with Crippen LogP contribution in [0.3, 0.4) is 0 Å². The number of alkyl halides is 1. The Morgan fingerprint density at radius 3 is 3.15 bits per heavy atom. The molecule has 2 heterocycles. The van der Waals surface area contributed by atoms with E-state index in [0.29, 0.717) is 17.5 Å². The lowest BCUT2D eigenvalue weighted by atomic mass is 9.90.